The van der Waals surface area contributed by atoms with E-state index in [2.05, 4.69) is 48.2 Å². The third-order valence-electron chi connectivity index (χ3n) is 6.48. The first-order chi connectivity index (χ1) is 19.0. The van der Waals surface area contributed by atoms with Crippen LogP contribution in [0.3, 0.4) is 0 Å². The van der Waals surface area contributed by atoms with Gasteiger partial charge in [-0.3, -0.25) is 8.37 Å². The molecule has 0 amide bonds. The van der Waals surface area contributed by atoms with Gasteiger partial charge in [-0.2, -0.15) is 0 Å². The van der Waals surface area contributed by atoms with Crippen LogP contribution in [0.4, 0.5) is 0 Å². The number of unbranched alkanes of at least 4 members (excludes halogenated alkanes) is 12. The average Bonchev–Trinajstić information content (AvgIpc) is 2.88. The van der Waals surface area contributed by atoms with Crippen molar-refractivity contribution >= 4 is 58.5 Å². The molecule has 0 aromatic rings. The minimum atomic E-state index is -4.58. The van der Waals surface area contributed by atoms with Gasteiger partial charge >= 0.3 is 37.7 Å². The zero-order chi connectivity index (χ0) is 30.5. The van der Waals surface area contributed by atoms with E-state index in [1.54, 1.807) is 0 Å². The van der Waals surface area contributed by atoms with Crippen LogP contribution in [0.2, 0.25) is 0 Å². The Morgan fingerprint density at radius 3 is 1.15 bits per heavy atom. The van der Waals surface area contributed by atoms with Gasteiger partial charge in [-0.15, -0.1) is 0 Å². The maximum atomic E-state index is 10.5. The molecular formula is C30H58CaO8S2. The fourth-order valence-corrected chi connectivity index (χ4v) is 4.76. The fourth-order valence-electron chi connectivity index (χ4n) is 4.08. The Kier molecular flexibility index (Phi) is 35.7. The molecule has 0 aromatic carbocycles. The molecular weight excluding hydrogens is 593 g/mol. The van der Waals surface area contributed by atoms with Crippen molar-refractivity contribution in [3.8, 4) is 0 Å². The molecule has 0 aliphatic heterocycles. The van der Waals surface area contributed by atoms with E-state index in [1.807, 2.05) is 12.2 Å². The molecule has 11 heteroatoms. The first-order valence-corrected chi connectivity index (χ1v) is 18.2. The zero-order valence-electron chi connectivity index (χ0n) is 26.4. The van der Waals surface area contributed by atoms with Gasteiger partial charge in [0, 0.05) is 11.8 Å². The zero-order valence-corrected chi connectivity index (χ0v) is 30.2. The van der Waals surface area contributed by atoms with Crippen molar-refractivity contribution < 1.29 is 34.3 Å². The first kappa shape index (κ1) is 45.9. The largest absolute Gasteiger partial charge is 2.00 e. The van der Waals surface area contributed by atoms with E-state index in [9.17, 15) is 25.9 Å². The Morgan fingerprint density at radius 2 is 0.854 bits per heavy atom. The molecule has 8 nitrogen and oxygen atoms in total. The van der Waals surface area contributed by atoms with Gasteiger partial charge in [-0.05, 0) is 38.5 Å². The van der Waals surface area contributed by atoms with E-state index in [1.165, 1.54) is 51.4 Å². The fraction of sp³-hybridized carbons (Fsp3) is 0.867. The molecule has 0 saturated carbocycles. The van der Waals surface area contributed by atoms with Crippen LogP contribution in [-0.2, 0) is 29.2 Å². The molecule has 0 spiro atoms. The van der Waals surface area contributed by atoms with Crippen LogP contribution in [0.15, 0.2) is 24.3 Å². The molecule has 0 fully saturated rings. The predicted molar refractivity (Wildman–Crippen MR) is 168 cm³/mol. The minimum Gasteiger partial charge on any atom is -0.726 e. The second kappa shape index (κ2) is 31.9. The van der Waals surface area contributed by atoms with Gasteiger partial charge in [0.05, 0.1) is 13.2 Å². The van der Waals surface area contributed by atoms with Crippen LogP contribution in [0.25, 0.3) is 0 Å². The van der Waals surface area contributed by atoms with Gasteiger partial charge < -0.3 is 9.11 Å². The standard InChI is InChI=1S/2C15H30O4S.Ca/c2*1-3-5-7-9-11-13-15(12-10-8-6-4-2)14-19-20(16,17)18;/h2*11,13,15H,3-10,12,14H2,1-2H3,(H,16,17,18);/q;;+2/p-2/b2*13-11+;. The van der Waals surface area contributed by atoms with Crippen molar-refractivity contribution in [1.82, 2.24) is 0 Å². The minimum absolute atomic E-state index is 0. The summed E-state index contributed by atoms with van der Waals surface area (Å²) in [4.78, 5) is 0. The molecule has 0 aliphatic rings. The van der Waals surface area contributed by atoms with Crippen molar-refractivity contribution in [3.63, 3.8) is 0 Å². The van der Waals surface area contributed by atoms with Crippen LogP contribution in [-0.4, -0.2) is 76.9 Å². The summed E-state index contributed by atoms with van der Waals surface area (Å²) in [6.45, 7) is 8.57. The molecule has 2 unspecified atom stereocenters. The maximum Gasteiger partial charge on any atom is 2.00 e. The molecule has 0 heterocycles. The summed E-state index contributed by atoms with van der Waals surface area (Å²) in [7, 11) is -9.16. The van der Waals surface area contributed by atoms with Gasteiger partial charge in [-0.1, -0.05) is 129 Å². The van der Waals surface area contributed by atoms with Crippen LogP contribution in [0.1, 0.15) is 143 Å². The van der Waals surface area contributed by atoms with Gasteiger partial charge in [0.25, 0.3) is 0 Å². The van der Waals surface area contributed by atoms with E-state index < -0.39 is 20.8 Å². The molecule has 41 heavy (non-hydrogen) atoms. The van der Waals surface area contributed by atoms with Gasteiger partial charge in [0.15, 0.2) is 0 Å². The van der Waals surface area contributed by atoms with Crippen molar-refractivity contribution in [2.75, 3.05) is 13.2 Å². The second-order valence-corrected chi connectivity index (χ2v) is 12.6. The molecule has 0 radical (unpaired) electrons. The van der Waals surface area contributed by atoms with E-state index >= 15 is 0 Å². The van der Waals surface area contributed by atoms with Crippen LogP contribution in [0.5, 0.6) is 0 Å². The van der Waals surface area contributed by atoms with E-state index in [-0.39, 0.29) is 62.8 Å². The third-order valence-corrected chi connectivity index (χ3v) is 7.32. The van der Waals surface area contributed by atoms with Gasteiger partial charge in [-0.25, -0.2) is 16.8 Å². The molecule has 0 aromatic heterocycles. The van der Waals surface area contributed by atoms with Crippen LogP contribution >= 0.6 is 0 Å². The summed E-state index contributed by atoms with van der Waals surface area (Å²) in [6.07, 6.45) is 28.1. The summed E-state index contributed by atoms with van der Waals surface area (Å²) >= 11 is 0. The molecule has 0 bridgehead atoms. The average molecular weight is 651 g/mol. The van der Waals surface area contributed by atoms with E-state index in [4.69, 9.17) is 0 Å². The Balaban J connectivity index is -0.000000688. The topological polar surface area (TPSA) is 133 Å². The third kappa shape index (κ3) is 40.5. The van der Waals surface area contributed by atoms with Gasteiger partial charge in [0.1, 0.15) is 0 Å². The molecule has 240 valence electrons. The van der Waals surface area contributed by atoms with Crippen molar-refractivity contribution in [2.45, 2.75) is 143 Å². The number of hydrogen-bond donors (Lipinski definition) is 0. The van der Waals surface area contributed by atoms with Crippen molar-refractivity contribution in [3.05, 3.63) is 24.3 Å². The van der Waals surface area contributed by atoms with E-state index in [0.29, 0.717) is 0 Å². The second-order valence-electron chi connectivity index (χ2n) is 10.5. The molecule has 0 rings (SSSR count). The SMILES string of the molecule is CCCCC/C=C/C(CCCCCC)COS(=O)(=O)[O-].CCCCC/C=C/C(CCCCCC)COS(=O)(=O)[O-].[Ca+2]. The van der Waals surface area contributed by atoms with Crippen LogP contribution in [0, 0.1) is 11.8 Å². The normalized spacial score (nSPS) is 13.6. The smallest absolute Gasteiger partial charge is 0.726 e. The summed E-state index contributed by atoms with van der Waals surface area (Å²) in [5, 5.41) is 0. The number of hydrogen-bond acceptors (Lipinski definition) is 8. The maximum absolute atomic E-state index is 10.5. The monoisotopic (exact) mass is 650 g/mol. The Morgan fingerprint density at radius 1 is 0.537 bits per heavy atom. The quantitative estimate of drug-likeness (QED) is 0.0302. The summed E-state index contributed by atoms with van der Waals surface area (Å²) in [6, 6.07) is 0. The van der Waals surface area contributed by atoms with Gasteiger partial charge in [0.2, 0.25) is 20.8 Å². The molecule has 0 N–H and O–H groups in total. The summed E-state index contributed by atoms with van der Waals surface area (Å²) in [5.41, 5.74) is 0. The Bertz CT molecular complexity index is 746. The molecule has 2 atom stereocenters. The molecule has 0 saturated heterocycles. The van der Waals surface area contributed by atoms with Crippen molar-refractivity contribution in [1.29, 1.82) is 0 Å². The Hall–Kier alpha value is 0.480. The summed E-state index contributed by atoms with van der Waals surface area (Å²) < 4.78 is 71.9. The number of allylic oxidation sites excluding steroid dienone is 2. The predicted octanol–water partition coefficient (Wildman–Crippen LogP) is 7.99. The van der Waals surface area contributed by atoms with Crippen molar-refractivity contribution in [2.24, 2.45) is 11.8 Å². The van der Waals surface area contributed by atoms with E-state index in [0.717, 1.165) is 64.2 Å². The number of rotatable bonds is 26. The first-order valence-electron chi connectivity index (χ1n) is 15.5. The molecule has 0 aliphatic carbocycles. The van der Waals surface area contributed by atoms with Crippen LogP contribution < -0.4 is 0 Å². The summed E-state index contributed by atoms with van der Waals surface area (Å²) in [5.74, 6) is 0.0504. The Labute approximate surface area is 283 Å².